The number of pyridine rings is 1. The molecule has 0 aliphatic heterocycles. The lowest BCUT2D eigenvalue weighted by atomic mass is 10.1. The average molecular weight is 307 g/mol. The van der Waals surface area contributed by atoms with Crippen LogP contribution in [0.5, 0.6) is 0 Å². The molecule has 108 valence electrons. The summed E-state index contributed by atoms with van der Waals surface area (Å²) in [6.45, 7) is 3.51. The van der Waals surface area contributed by atoms with Gasteiger partial charge in [-0.25, -0.2) is 14.2 Å². The summed E-state index contributed by atoms with van der Waals surface area (Å²) in [6, 6.07) is 6.35. The standard InChI is InChI=1S/C15H12ClFN2O2/c1-3-10-12(18)11(17)13(19-14(10)15(20)21-2)8-4-6-9(16)7-5-8/h3-7H,1H2,2H3,(H2,18,19). The number of esters is 1. The van der Waals surface area contributed by atoms with Crippen molar-refractivity contribution in [2.75, 3.05) is 12.8 Å². The molecule has 0 atom stereocenters. The van der Waals surface area contributed by atoms with E-state index in [1.54, 1.807) is 24.3 Å². The van der Waals surface area contributed by atoms with Gasteiger partial charge in [0.05, 0.1) is 12.8 Å². The summed E-state index contributed by atoms with van der Waals surface area (Å²) >= 11 is 5.80. The molecule has 0 aliphatic carbocycles. The molecule has 0 saturated carbocycles. The van der Waals surface area contributed by atoms with E-state index in [2.05, 4.69) is 16.3 Å². The number of halogens is 2. The van der Waals surface area contributed by atoms with Crippen molar-refractivity contribution >= 4 is 29.3 Å². The second-order valence-electron chi connectivity index (χ2n) is 4.15. The maximum atomic E-state index is 14.4. The van der Waals surface area contributed by atoms with Crippen molar-refractivity contribution in [3.8, 4) is 11.3 Å². The molecule has 0 saturated heterocycles. The molecule has 0 amide bonds. The summed E-state index contributed by atoms with van der Waals surface area (Å²) < 4.78 is 19.0. The largest absolute Gasteiger partial charge is 0.464 e. The zero-order chi connectivity index (χ0) is 15.6. The summed E-state index contributed by atoms with van der Waals surface area (Å²) in [4.78, 5) is 15.8. The van der Waals surface area contributed by atoms with Gasteiger partial charge in [-0.3, -0.25) is 0 Å². The normalized spacial score (nSPS) is 10.2. The van der Waals surface area contributed by atoms with Gasteiger partial charge in [-0.1, -0.05) is 36.4 Å². The fourth-order valence-corrected chi connectivity index (χ4v) is 1.98. The highest BCUT2D eigenvalue weighted by Crippen LogP contribution is 2.30. The number of ether oxygens (including phenoxy) is 1. The molecule has 4 nitrogen and oxygen atoms in total. The minimum atomic E-state index is -0.722. The first-order chi connectivity index (χ1) is 9.99. The molecule has 0 unspecified atom stereocenters. The Kier molecular flexibility index (Phi) is 4.23. The van der Waals surface area contributed by atoms with Crippen LogP contribution in [0.2, 0.25) is 5.02 Å². The van der Waals surface area contributed by atoms with Crippen molar-refractivity contribution in [1.29, 1.82) is 0 Å². The number of benzene rings is 1. The van der Waals surface area contributed by atoms with Gasteiger partial charge in [0.25, 0.3) is 0 Å². The number of nitrogens with zero attached hydrogens (tertiary/aromatic N) is 1. The Hall–Kier alpha value is -2.40. The monoisotopic (exact) mass is 306 g/mol. The molecule has 0 spiro atoms. The van der Waals surface area contributed by atoms with E-state index in [0.29, 0.717) is 10.6 Å². The summed E-state index contributed by atoms with van der Waals surface area (Å²) in [7, 11) is 1.21. The SMILES string of the molecule is C=Cc1c(C(=O)OC)nc(-c2ccc(Cl)cc2)c(F)c1N. The Balaban J connectivity index is 2.72. The molecule has 1 heterocycles. The van der Waals surface area contributed by atoms with E-state index in [0.717, 1.165) is 0 Å². The van der Waals surface area contributed by atoms with Crippen LogP contribution in [0.4, 0.5) is 10.1 Å². The summed E-state index contributed by atoms with van der Waals surface area (Å²) in [5.41, 5.74) is 5.96. The van der Waals surface area contributed by atoms with Crippen LogP contribution in [0.25, 0.3) is 17.3 Å². The van der Waals surface area contributed by atoms with Crippen LogP contribution in [0.3, 0.4) is 0 Å². The number of aromatic nitrogens is 1. The van der Waals surface area contributed by atoms with Crippen LogP contribution in [-0.4, -0.2) is 18.1 Å². The number of hydrogen-bond donors (Lipinski definition) is 1. The van der Waals surface area contributed by atoms with Crippen molar-refractivity contribution in [3.63, 3.8) is 0 Å². The summed E-state index contributed by atoms with van der Waals surface area (Å²) in [5, 5.41) is 0.503. The molecule has 2 N–H and O–H groups in total. The Bertz CT molecular complexity index is 715. The molecule has 0 fully saturated rings. The number of carbonyl (C=O) groups excluding carboxylic acids is 1. The van der Waals surface area contributed by atoms with Crippen LogP contribution in [0.1, 0.15) is 16.1 Å². The van der Waals surface area contributed by atoms with E-state index in [4.69, 9.17) is 17.3 Å². The molecule has 6 heteroatoms. The van der Waals surface area contributed by atoms with Crippen molar-refractivity contribution < 1.29 is 13.9 Å². The number of nitrogen functional groups attached to an aromatic ring is 1. The second kappa shape index (κ2) is 5.93. The zero-order valence-corrected chi connectivity index (χ0v) is 11.9. The van der Waals surface area contributed by atoms with Crippen LogP contribution < -0.4 is 5.73 Å². The van der Waals surface area contributed by atoms with Crippen molar-refractivity contribution in [3.05, 3.63) is 52.9 Å². The van der Waals surface area contributed by atoms with Gasteiger partial charge in [0, 0.05) is 16.1 Å². The average Bonchev–Trinajstić information content (AvgIpc) is 2.50. The highest BCUT2D eigenvalue weighted by atomic mass is 35.5. The van der Waals surface area contributed by atoms with E-state index in [9.17, 15) is 9.18 Å². The van der Waals surface area contributed by atoms with E-state index < -0.39 is 11.8 Å². The van der Waals surface area contributed by atoms with Crippen LogP contribution >= 0.6 is 11.6 Å². The van der Waals surface area contributed by atoms with Gasteiger partial charge < -0.3 is 10.5 Å². The van der Waals surface area contributed by atoms with Gasteiger partial charge in [0.15, 0.2) is 11.5 Å². The highest BCUT2D eigenvalue weighted by molar-refractivity contribution is 6.30. The topological polar surface area (TPSA) is 65.2 Å². The fourth-order valence-electron chi connectivity index (χ4n) is 1.85. The smallest absolute Gasteiger partial charge is 0.357 e. The van der Waals surface area contributed by atoms with Crippen molar-refractivity contribution in [2.45, 2.75) is 0 Å². The van der Waals surface area contributed by atoms with Gasteiger partial charge in [-0.15, -0.1) is 0 Å². The van der Waals surface area contributed by atoms with Crippen molar-refractivity contribution in [1.82, 2.24) is 4.98 Å². The molecule has 0 radical (unpaired) electrons. The maximum absolute atomic E-state index is 14.4. The zero-order valence-electron chi connectivity index (χ0n) is 11.2. The first-order valence-electron chi connectivity index (χ1n) is 5.95. The molecule has 0 bridgehead atoms. The van der Waals surface area contributed by atoms with Gasteiger partial charge in [0.2, 0.25) is 0 Å². The fraction of sp³-hybridized carbons (Fsp3) is 0.0667. The van der Waals surface area contributed by atoms with Crippen LogP contribution in [0.15, 0.2) is 30.8 Å². The van der Waals surface area contributed by atoms with Crippen molar-refractivity contribution in [2.24, 2.45) is 0 Å². The molecular weight excluding hydrogens is 295 g/mol. The Labute approximate surface area is 126 Å². The quantitative estimate of drug-likeness (QED) is 0.881. The van der Waals surface area contributed by atoms with Gasteiger partial charge >= 0.3 is 5.97 Å². The highest BCUT2D eigenvalue weighted by Gasteiger charge is 2.22. The number of hydrogen-bond acceptors (Lipinski definition) is 4. The molecule has 1 aromatic heterocycles. The lowest BCUT2D eigenvalue weighted by molar-refractivity contribution is 0.0594. The van der Waals surface area contributed by atoms with E-state index in [1.165, 1.54) is 13.2 Å². The predicted octanol–water partition coefficient (Wildman–Crippen LogP) is 3.55. The van der Waals surface area contributed by atoms with Gasteiger partial charge in [-0.2, -0.15) is 0 Å². The Morgan fingerprint density at radius 3 is 2.57 bits per heavy atom. The summed E-state index contributed by atoms with van der Waals surface area (Å²) in [6.07, 6.45) is 1.27. The Morgan fingerprint density at radius 1 is 1.43 bits per heavy atom. The van der Waals surface area contributed by atoms with E-state index >= 15 is 0 Å². The molecule has 21 heavy (non-hydrogen) atoms. The summed E-state index contributed by atoms with van der Waals surface area (Å²) in [5.74, 6) is -1.44. The minimum absolute atomic E-state index is 0.0461. The molecule has 2 rings (SSSR count). The minimum Gasteiger partial charge on any atom is -0.464 e. The molecule has 2 aromatic rings. The lowest BCUT2D eigenvalue weighted by Gasteiger charge is -2.12. The van der Waals surface area contributed by atoms with Crippen LogP contribution in [-0.2, 0) is 4.74 Å². The molecular formula is C15H12ClFN2O2. The third-order valence-corrected chi connectivity index (χ3v) is 3.17. The third kappa shape index (κ3) is 2.73. The van der Waals surface area contributed by atoms with E-state index in [1.807, 2.05) is 0 Å². The lowest BCUT2D eigenvalue weighted by Crippen LogP contribution is -2.12. The number of rotatable bonds is 3. The molecule has 1 aromatic carbocycles. The first-order valence-corrected chi connectivity index (χ1v) is 6.33. The second-order valence-corrected chi connectivity index (χ2v) is 4.59. The van der Waals surface area contributed by atoms with Gasteiger partial charge in [0.1, 0.15) is 5.69 Å². The first kappa shape index (κ1) is 15.0. The molecule has 0 aliphatic rings. The Morgan fingerprint density at radius 2 is 2.05 bits per heavy atom. The number of methoxy groups -OCH3 is 1. The number of nitrogens with two attached hydrogens (primary N) is 1. The number of carbonyl (C=O) groups is 1. The van der Waals surface area contributed by atoms with E-state index in [-0.39, 0.29) is 22.6 Å². The number of anilines is 1. The van der Waals surface area contributed by atoms with Crippen LogP contribution in [0, 0.1) is 5.82 Å². The maximum Gasteiger partial charge on any atom is 0.357 e. The third-order valence-electron chi connectivity index (χ3n) is 2.91. The predicted molar refractivity (Wildman–Crippen MR) is 80.5 cm³/mol. The van der Waals surface area contributed by atoms with Gasteiger partial charge in [-0.05, 0) is 12.1 Å².